The lowest BCUT2D eigenvalue weighted by atomic mass is 9.84. The van der Waals surface area contributed by atoms with E-state index in [4.69, 9.17) is 0 Å². The van der Waals surface area contributed by atoms with Gasteiger partial charge >= 0.3 is 0 Å². The summed E-state index contributed by atoms with van der Waals surface area (Å²) in [5.41, 5.74) is 6.73. The Bertz CT molecular complexity index is 1260. The number of hydrogen-bond acceptors (Lipinski definition) is 0. The first-order valence-corrected chi connectivity index (χ1v) is 12.0. The molecule has 0 N–H and O–H groups in total. The second-order valence-corrected chi connectivity index (χ2v) is 8.76. The molecule has 0 bridgehead atoms. The molecule has 0 aliphatic carbocycles. The normalized spacial score (nSPS) is 11.6. The van der Waals surface area contributed by atoms with E-state index >= 15 is 0 Å². The Morgan fingerprint density at radius 1 is 0.562 bits per heavy atom. The minimum atomic E-state index is 0.230. The van der Waals surface area contributed by atoms with Gasteiger partial charge in [0.25, 0.3) is 0 Å². The van der Waals surface area contributed by atoms with Crippen LogP contribution in [0.4, 0.5) is 0 Å². The van der Waals surface area contributed by atoms with Crippen molar-refractivity contribution in [3.8, 4) is 0 Å². The van der Waals surface area contributed by atoms with Crippen molar-refractivity contribution >= 4 is 21.8 Å². The second-order valence-electron chi connectivity index (χ2n) is 8.76. The van der Waals surface area contributed by atoms with Gasteiger partial charge in [0.1, 0.15) is 0 Å². The average molecular weight is 418 g/mol. The van der Waals surface area contributed by atoms with E-state index < -0.39 is 0 Å². The molecule has 160 valence electrons. The molecule has 1 heterocycles. The number of nitrogens with zero attached hydrogens (tertiary/aromatic N) is 1. The Hall–Kier alpha value is -3.32. The Kier molecular flexibility index (Phi) is 6.07. The van der Waals surface area contributed by atoms with Crippen LogP contribution in [0.2, 0.25) is 0 Å². The summed E-state index contributed by atoms with van der Waals surface area (Å²) in [6.45, 7) is 3.36. The van der Waals surface area contributed by atoms with Crippen molar-refractivity contribution in [3.05, 3.63) is 120 Å². The molecule has 0 radical (unpaired) electrons. The van der Waals surface area contributed by atoms with E-state index in [1.807, 2.05) is 0 Å². The second kappa shape index (κ2) is 9.44. The molecular weight excluding hydrogens is 386 g/mol. The summed E-state index contributed by atoms with van der Waals surface area (Å²) in [4.78, 5) is 0. The van der Waals surface area contributed by atoms with E-state index in [2.05, 4.69) is 115 Å². The maximum atomic E-state index is 2.53. The van der Waals surface area contributed by atoms with Crippen molar-refractivity contribution in [2.75, 3.05) is 0 Å². The molecule has 0 aliphatic heterocycles. The fraction of sp³-hybridized carbons (Fsp3) is 0.226. The summed E-state index contributed by atoms with van der Waals surface area (Å²) in [5, 5.41) is 2.73. The summed E-state index contributed by atoms with van der Waals surface area (Å²) >= 11 is 0. The van der Waals surface area contributed by atoms with Gasteiger partial charge in [0, 0.05) is 34.3 Å². The van der Waals surface area contributed by atoms with Crippen molar-refractivity contribution in [1.82, 2.24) is 4.57 Å². The van der Waals surface area contributed by atoms with Crippen LogP contribution in [-0.4, -0.2) is 4.57 Å². The first-order chi connectivity index (χ1) is 15.9. The summed E-state index contributed by atoms with van der Waals surface area (Å²) in [6, 6.07) is 37.8. The Morgan fingerprint density at radius 2 is 1.19 bits per heavy atom. The van der Waals surface area contributed by atoms with Gasteiger partial charge < -0.3 is 4.57 Å². The van der Waals surface area contributed by atoms with E-state index in [-0.39, 0.29) is 5.92 Å². The number of benzene rings is 4. The summed E-state index contributed by atoms with van der Waals surface area (Å²) in [6.07, 6.45) is 5.13. The molecule has 4 aromatic carbocycles. The summed E-state index contributed by atoms with van der Waals surface area (Å²) in [5.74, 6) is 0.230. The third-order valence-electron chi connectivity index (χ3n) is 6.63. The van der Waals surface area contributed by atoms with Crippen LogP contribution in [-0.2, 0) is 6.54 Å². The van der Waals surface area contributed by atoms with Gasteiger partial charge in [0.15, 0.2) is 0 Å². The molecule has 0 spiro atoms. The van der Waals surface area contributed by atoms with Crippen LogP contribution in [0.25, 0.3) is 21.8 Å². The van der Waals surface area contributed by atoms with Crippen LogP contribution >= 0.6 is 0 Å². The fourth-order valence-electron chi connectivity index (χ4n) is 5.06. The minimum Gasteiger partial charge on any atom is -0.340 e. The number of aryl methyl sites for hydroxylation is 1. The Morgan fingerprint density at radius 3 is 1.88 bits per heavy atom. The third kappa shape index (κ3) is 3.96. The molecule has 1 nitrogen and oxygen atoms in total. The molecular formula is C31H31N. The molecule has 1 aromatic heterocycles. The van der Waals surface area contributed by atoms with Crippen molar-refractivity contribution in [3.63, 3.8) is 0 Å². The van der Waals surface area contributed by atoms with E-state index in [0.29, 0.717) is 0 Å². The predicted molar refractivity (Wildman–Crippen MR) is 137 cm³/mol. The van der Waals surface area contributed by atoms with Gasteiger partial charge in [-0.2, -0.15) is 0 Å². The zero-order valence-corrected chi connectivity index (χ0v) is 18.9. The summed E-state index contributed by atoms with van der Waals surface area (Å²) in [7, 11) is 0. The number of para-hydroxylation sites is 1. The van der Waals surface area contributed by atoms with Crippen LogP contribution < -0.4 is 0 Å². The van der Waals surface area contributed by atoms with E-state index in [1.54, 1.807) is 0 Å². The van der Waals surface area contributed by atoms with E-state index in [9.17, 15) is 0 Å². The molecule has 5 rings (SSSR count). The maximum Gasteiger partial charge on any atom is 0.0491 e. The number of rotatable bonds is 8. The minimum absolute atomic E-state index is 0.230. The maximum absolute atomic E-state index is 2.53. The monoisotopic (exact) mass is 417 g/mol. The number of aromatic nitrogens is 1. The molecule has 0 atom stereocenters. The predicted octanol–water partition coefficient (Wildman–Crippen LogP) is 8.56. The van der Waals surface area contributed by atoms with Crippen LogP contribution in [0, 0.1) is 0 Å². The number of unbranched alkanes of at least 4 members (excludes halogenated alkanes) is 3. The average Bonchev–Trinajstić information content (AvgIpc) is 3.17. The zero-order chi connectivity index (χ0) is 21.8. The molecule has 32 heavy (non-hydrogen) atoms. The molecule has 5 aromatic rings. The molecule has 0 unspecified atom stereocenters. The SMILES string of the molecule is CCCCCCn1c2ccccc2c2cc(C(c3ccccc3)c3ccccc3)ccc21. The smallest absolute Gasteiger partial charge is 0.0491 e. The molecule has 0 saturated carbocycles. The first-order valence-electron chi connectivity index (χ1n) is 12.0. The Labute approximate surface area is 191 Å². The van der Waals surface area contributed by atoms with Crippen molar-refractivity contribution in [2.24, 2.45) is 0 Å². The van der Waals surface area contributed by atoms with Gasteiger partial charge in [-0.25, -0.2) is 0 Å². The molecule has 1 heteroatoms. The lowest BCUT2D eigenvalue weighted by Gasteiger charge is -2.19. The quantitative estimate of drug-likeness (QED) is 0.176. The van der Waals surface area contributed by atoms with E-state index in [0.717, 1.165) is 6.54 Å². The lowest BCUT2D eigenvalue weighted by molar-refractivity contribution is 0.602. The first kappa shape index (κ1) is 20.6. The van der Waals surface area contributed by atoms with Crippen LogP contribution in [0.5, 0.6) is 0 Å². The molecule has 0 amide bonds. The van der Waals surface area contributed by atoms with Gasteiger partial charge in [0.2, 0.25) is 0 Å². The molecule has 0 saturated heterocycles. The van der Waals surface area contributed by atoms with Gasteiger partial charge in [-0.1, -0.05) is 111 Å². The summed E-state index contributed by atoms with van der Waals surface area (Å²) < 4.78 is 2.53. The number of hydrogen-bond donors (Lipinski definition) is 0. The van der Waals surface area contributed by atoms with Crippen molar-refractivity contribution in [2.45, 2.75) is 45.1 Å². The molecule has 0 fully saturated rings. The number of fused-ring (bicyclic) bond motifs is 3. The Balaban J connectivity index is 1.64. The van der Waals surface area contributed by atoms with Crippen molar-refractivity contribution < 1.29 is 0 Å². The highest BCUT2D eigenvalue weighted by Crippen LogP contribution is 2.36. The van der Waals surface area contributed by atoms with Gasteiger partial charge in [0.05, 0.1) is 0 Å². The molecule has 0 aliphatic rings. The van der Waals surface area contributed by atoms with Gasteiger partial charge in [-0.3, -0.25) is 0 Å². The van der Waals surface area contributed by atoms with Gasteiger partial charge in [-0.05, 0) is 41.3 Å². The van der Waals surface area contributed by atoms with Gasteiger partial charge in [-0.15, -0.1) is 0 Å². The van der Waals surface area contributed by atoms with E-state index in [1.165, 1.54) is 64.2 Å². The topological polar surface area (TPSA) is 4.93 Å². The lowest BCUT2D eigenvalue weighted by Crippen LogP contribution is -2.03. The zero-order valence-electron chi connectivity index (χ0n) is 18.9. The standard InChI is InChI=1S/C31H31N/c1-2-3-4-13-22-32-29-19-12-11-18-27(29)28-23-26(20-21-30(28)32)31(24-14-7-5-8-15-24)25-16-9-6-10-17-25/h5-12,14-21,23,31H,2-4,13,22H2,1H3. The van der Waals surface area contributed by atoms with Crippen LogP contribution in [0.15, 0.2) is 103 Å². The van der Waals surface area contributed by atoms with Crippen molar-refractivity contribution in [1.29, 1.82) is 0 Å². The highest BCUT2D eigenvalue weighted by molar-refractivity contribution is 6.08. The highest BCUT2D eigenvalue weighted by atomic mass is 15.0. The fourth-order valence-corrected chi connectivity index (χ4v) is 5.06. The largest absolute Gasteiger partial charge is 0.340 e. The third-order valence-corrected chi connectivity index (χ3v) is 6.63. The van der Waals surface area contributed by atoms with Crippen LogP contribution in [0.3, 0.4) is 0 Å². The highest BCUT2D eigenvalue weighted by Gasteiger charge is 2.18. The van der Waals surface area contributed by atoms with Crippen LogP contribution in [0.1, 0.15) is 55.2 Å².